The number of benzene rings is 2. The molecule has 0 amide bonds. The molecule has 0 saturated heterocycles. The normalized spacial score (nSPS) is 10.5. The van der Waals surface area contributed by atoms with Crippen molar-refractivity contribution in [2.75, 3.05) is 6.61 Å². The van der Waals surface area contributed by atoms with E-state index in [2.05, 4.69) is 6.92 Å². The van der Waals surface area contributed by atoms with Crippen molar-refractivity contribution in [2.45, 2.75) is 26.2 Å². The number of carbonyl (C=O) groups excluding carboxylic acids is 1. The number of hydrogen-bond donors (Lipinski definition) is 0. The van der Waals surface area contributed by atoms with Gasteiger partial charge in [0.25, 0.3) is 0 Å². The van der Waals surface area contributed by atoms with Crippen molar-refractivity contribution >= 4 is 17.1 Å². The van der Waals surface area contributed by atoms with Crippen LogP contribution in [0.4, 0.5) is 0 Å². The van der Waals surface area contributed by atoms with E-state index in [-0.39, 0.29) is 0 Å². The van der Waals surface area contributed by atoms with Gasteiger partial charge in [0.15, 0.2) is 0 Å². The fourth-order valence-corrected chi connectivity index (χ4v) is 2.03. The monoisotopic (exact) mass is 241 g/mol. The van der Waals surface area contributed by atoms with Gasteiger partial charge >= 0.3 is 0 Å². The van der Waals surface area contributed by atoms with Gasteiger partial charge in [0.2, 0.25) is 6.29 Å². The van der Waals surface area contributed by atoms with Crippen LogP contribution in [0, 0.1) is 0 Å². The summed E-state index contributed by atoms with van der Waals surface area (Å²) in [6, 6.07) is 11.4. The summed E-state index contributed by atoms with van der Waals surface area (Å²) in [5.41, 5.74) is 0.589. The van der Waals surface area contributed by atoms with E-state index in [1.807, 2.05) is 36.6 Å². The Morgan fingerprint density at radius 1 is 1.06 bits per heavy atom. The third-order valence-corrected chi connectivity index (χ3v) is 3.00. The second-order valence-electron chi connectivity index (χ2n) is 4.31. The van der Waals surface area contributed by atoms with Crippen LogP contribution in [-0.2, 0) is 4.79 Å². The van der Waals surface area contributed by atoms with Crippen molar-refractivity contribution in [2.24, 2.45) is 0 Å². The molecule has 0 N–H and O–H groups in total. The van der Waals surface area contributed by atoms with Crippen molar-refractivity contribution in [3.05, 3.63) is 42.0 Å². The lowest BCUT2D eigenvalue weighted by Gasteiger charge is -2.09. The summed E-state index contributed by atoms with van der Waals surface area (Å²) in [6.07, 6.45) is 5.39. The van der Waals surface area contributed by atoms with Gasteiger partial charge < -0.3 is 4.74 Å². The number of rotatable bonds is 6. The van der Waals surface area contributed by atoms with Crippen LogP contribution in [0.5, 0.6) is 5.75 Å². The molecule has 0 saturated carbocycles. The summed E-state index contributed by atoms with van der Waals surface area (Å²) in [6.45, 7) is 2.89. The van der Waals surface area contributed by atoms with Crippen LogP contribution in [0.3, 0.4) is 0 Å². The van der Waals surface area contributed by atoms with Gasteiger partial charge in [-0.3, -0.25) is 4.79 Å². The highest BCUT2D eigenvalue weighted by Gasteiger charge is 2.05. The topological polar surface area (TPSA) is 26.3 Å². The summed E-state index contributed by atoms with van der Waals surface area (Å²) >= 11 is 0. The van der Waals surface area contributed by atoms with E-state index in [9.17, 15) is 4.79 Å². The van der Waals surface area contributed by atoms with Crippen LogP contribution in [0.1, 0.15) is 31.7 Å². The average molecular weight is 241 g/mol. The minimum atomic E-state index is 0.589. The van der Waals surface area contributed by atoms with E-state index < -0.39 is 0 Å². The summed E-state index contributed by atoms with van der Waals surface area (Å²) in [4.78, 5) is 10.9. The Labute approximate surface area is 108 Å². The van der Waals surface area contributed by atoms with Gasteiger partial charge in [0.1, 0.15) is 5.75 Å². The first-order valence-electron chi connectivity index (χ1n) is 6.39. The van der Waals surface area contributed by atoms with Gasteiger partial charge in [-0.1, -0.05) is 50.1 Å². The third kappa shape index (κ3) is 2.70. The molecule has 0 heterocycles. The highest BCUT2D eigenvalue weighted by Crippen LogP contribution is 2.27. The summed E-state index contributed by atoms with van der Waals surface area (Å²) in [5.74, 6) is 0.848. The van der Waals surface area contributed by atoms with Gasteiger partial charge in [-0.15, -0.1) is 0 Å². The van der Waals surface area contributed by atoms with Gasteiger partial charge in [-0.2, -0.15) is 0 Å². The van der Waals surface area contributed by atoms with E-state index in [4.69, 9.17) is 4.74 Å². The molecule has 0 fully saturated rings. The number of ether oxygens (including phenoxy) is 1. The summed E-state index contributed by atoms with van der Waals surface area (Å²) < 4.78 is 5.79. The Balaban J connectivity index is 2.25. The van der Waals surface area contributed by atoms with E-state index in [0.29, 0.717) is 5.56 Å². The second-order valence-corrected chi connectivity index (χ2v) is 4.31. The Morgan fingerprint density at radius 3 is 2.61 bits per heavy atom. The number of hydrogen-bond acceptors (Lipinski definition) is 2. The van der Waals surface area contributed by atoms with Crippen LogP contribution in [0.15, 0.2) is 36.4 Å². The Hall–Kier alpha value is -1.83. The lowest BCUT2D eigenvalue weighted by atomic mass is 10.0. The predicted molar refractivity (Wildman–Crippen MR) is 73.8 cm³/mol. The van der Waals surface area contributed by atoms with E-state index in [1.165, 1.54) is 12.8 Å². The molecule has 0 aromatic heterocycles. The molecule has 0 bridgehead atoms. The fourth-order valence-electron chi connectivity index (χ4n) is 2.03. The average Bonchev–Trinajstić information content (AvgIpc) is 2.43. The van der Waals surface area contributed by atoms with E-state index in [1.54, 1.807) is 6.07 Å². The molecule has 93 valence electrons. The quantitative estimate of drug-likeness (QED) is 0.718. The minimum absolute atomic E-state index is 0.589. The highest BCUT2D eigenvalue weighted by atomic mass is 16.5. The molecule has 0 unspecified atom stereocenters. The first kappa shape index (κ1) is 12.6. The molecular formula is C16H17O2. The lowest BCUT2D eigenvalue weighted by molar-refractivity contribution is 0.310. The standard InChI is InChI=1S/C16H17O2/c1-2-3-4-11-18-16-10-6-8-14-13(12-17)7-5-9-15(14)16/h5-10H,2-4,11H2,1H3. The maximum Gasteiger partial charge on any atom is 0.234 e. The molecule has 0 atom stereocenters. The molecule has 18 heavy (non-hydrogen) atoms. The molecule has 2 nitrogen and oxygen atoms in total. The zero-order valence-electron chi connectivity index (χ0n) is 10.6. The largest absolute Gasteiger partial charge is 0.493 e. The third-order valence-electron chi connectivity index (χ3n) is 3.00. The van der Waals surface area contributed by atoms with Crippen LogP contribution in [0.2, 0.25) is 0 Å². The van der Waals surface area contributed by atoms with Crippen LogP contribution in [0.25, 0.3) is 10.8 Å². The smallest absolute Gasteiger partial charge is 0.234 e. The fraction of sp³-hybridized carbons (Fsp3) is 0.312. The van der Waals surface area contributed by atoms with Crippen molar-refractivity contribution < 1.29 is 9.53 Å². The molecule has 2 aromatic rings. The van der Waals surface area contributed by atoms with E-state index >= 15 is 0 Å². The van der Waals surface area contributed by atoms with Crippen LogP contribution in [-0.4, -0.2) is 12.9 Å². The predicted octanol–water partition coefficient (Wildman–Crippen LogP) is 3.87. The van der Waals surface area contributed by atoms with Gasteiger partial charge in [-0.05, 0) is 17.9 Å². The number of fused-ring (bicyclic) bond motifs is 1. The zero-order chi connectivity index (χ0) is 12.8. The van der Waals surface area contributed by atoms with Gasteiger partial charge in [0, 0.05) is 10.9 Å². The first-order chi connectivity index (χ1) is 8.86. The Kier molecular flexibility index (Phi) is 4.35. The Morgan fingerprint density at radius 2 is 1.83 bits per heavy atom. The van der Waals surface area contributed by atoms with Crippen molar-refractivity contribution in [1.29, 1.82) is 0 Å². The maximum absolute atomic E-state index is 10.9. The van der Waals surface area contributed by atoms with E-state index in [0.717, 1.165) is 29.5 Å². The minimum Gasteiger partial charge on any atom is -0.493 e. The molecule has 0 aliphatic carbocycles. The first-order valence-corrected chi connectivity index (χ1v) is 6.39. The molecule has 2 heteroatoms. The van der Waals surface area contributed by atoms with Crippen LogP contribution < -0.4 is 4.74 Å². The molecule has 0 spiro atoms. The highest BCUT2D eigenvalue weighted by molar-refractivity contribution is 6.00. The SMILES string of the molecule is CCCCCOc1cccc2c([C]=O)cccc12. The van der Waals surface area contributed by atoms with Gasteiger partial charge in [0.05, 0.1) is 6.61 Å². The van der Waals surface area contributed by atoms with Gasteiger partial charge in [-0.25, -0.2) is 0 Å². The molecule has 0 aliphatic rings. The maximum atomic E-state index is 10.9. The molecule has 2 rings (SSSR count). The van der Waals surface area contributed by atoms with Crippen LogP contribution >= 0.6 is 0 Å². The zero-order valence-corrected chi connectivity index (χ0v) is 10.6. The lowest BCUT2D eigenvalue weighted by Crippen LogP contribution is -1.98. The second kappa shape index (κ2) is 6.20. The summed E-state index contributed by atoms with van der Waals surface area (Å²) in [7, 11) is 0. The molecule has 0 aliphatic heterocycles. The number of unbranched alkanes of at least 4 members (excludes halogenated alkanes) is 2. The molecule has 1 radical (unpaired) electrons. The summed E-state index contributed by atoms with van der Waals surface area (Å²) in [5, 5.41) is 1.88. The van der Waals surface area contributed by atoms with Crippen molar-refractivity contribution in [1.82, 2.24) is 0 Å². The van der Waals surface area contributed by atoms with Crippen molar-refractivity contribution in [3.8, 4) is 5.75 Å². The molecular weight excluding hydrogens is 224 g/mol. The van der Waals surface area contributed by atoms with Crippen molar-refractivity contribution in [3.63, 3.8) is 0 Å². The Bertz CT molecular complexity index is 532. The molecule has 2 aromatic carbocycles.